The molecule has 2 atom stereocenters. The zero-order chi connectivity index (χ0) is 16.6. The van der Waals surface area contributed by atoms with Gasteiger partial charge in [0.1, 0.15) is 0 Å². The first-order valence-corrected chi connectivity index (χ1v) is 8.80. The molecule has 6 heteroatoms. The zero-order valence-electron chi connectivity index (χ0n) is 14.3. The lowest BCUT2D eigenvalue weighted by atomic mass is 9.94. The summed E-state index contributed by atoms with van der Waals surface area (Å²) in [5.41, 5.74) is 2.36. The predicted octanol–water partition coefficient (Wildman–Crippen LogP) is 0.748. The molecule has 0 aromatic rings. The Morgan fingerprint density at radius 1 is 0.708 bits per heavy atom. The molecule has 6 nitrogen and oxygen atoms in total. The quantitative estimate of drug-likeness (QED) is 0.612. The van der Waals surface area contributed by atoms with Crippen molar-refractivity contribution in [3.63, 3.8) is 0 Å². The number of hydrogen-bond donors (Lipinski definition) is 0. The van der Waals surface area contributed by atoms with Gasteiger partial charge in [-0.15, -0.1) is 0 Å². The summed E-state index contributed by atoms with van der Waals surface area (Å²) in [6, 6.07) is 0. The second-order valence-corrected chi connectivity index (χ2v) is 6.31. The van der Waals surface area contributed by atoms with Crippen LogP contribution in [0, 0.1) is 6.42 Å². The third-order valence-electron chi connectivity index (χ3n) is 4.57. The Balaban J connectivity index is 1.78. The number of allylic oxidation sites excluding steroid dienone is 2. The fraction of sp³-hybridized carbons (Fsp3) is 0.667. The van der Waals surface area contributed by atoms with Crippen LogP contribution in [0.3, 0.4) is 0 Å². The van der Waals surface area contributed by atoms with Gasteiger partial charge in [-0.3, -0.25) is 9.80 Å². The molecule has 0 radical (unpaired) electrons. The van der Waals surface area contributed by atoms with Crippen molar-refractivity contribution in [2.24, 2.45) is 0 Å². The van der Waals surface area contributed by atoms with Crippen molar-refractivity contribution in [2.75, 3.05) is 78.9 Å². The van der Waals surface area contributed by atoms with Crippen LogP contribution in [0.1, 0.15) is 0 Å². The highest BCUT2D eigenvalue weighted by Gasteiger charge is 2.22. The average molecular weight is 333 g/mol. The molecule has 3 aliphatic heterocycles. The molecule has 4 rings (SSSR count). The molecule has 4 aliphatic rings. The van der Waals surface area contributed by atoms with Crippen molar-refractivity contribution in [3.05, 3.63) is 35.1 Å². The van der Waals surface area contributed by atoms with Crippen molar-refractivity contribution in [3.8, 4) is 0 Å². The van der Waals surface area contributed by atoms with Gasteiger partial charge in [0, 0.05) is 32.6 Å². The fourth-order valence-electron chi connectivity index (χ4n) is 3.12. The minimum Gasteiger partial charge on any atom is -0.778 e. The van der Waals surface area contributed by atoms with Gasteiger partial charge in [-0.2, -0.15) is 0 Å². The molecule has 3 fully saturated rings. The molecule has 0 aromatic carbocycles. The van der Waals surface area contributed by atoms with E-state index in [-0.39, 0.29) is 0 Å². The molecule has 0 amide bonds. The van der Waals surface area contributed by atoms with E-state index in [2.05, 4.69) is 9.80 Å². The first-order chi connectivity index (χ1) is 11.8. The lowest BCUT2D eigenvalue weighted by molar-refractivity contribution is 0.0340. The summed E-state index contributed by atoms with van der Waals surface area (Å²) in [7, 11) is 0. The molecule has 0 aromatic heterocycles. The van der Waals surface area contributed by atoms with Crippen molar-refractivity contribution in [1.29, 1.82) is 0 Å². The van der Waals surface area contributed by atoms with E-state index in [9.17, 15) is 5.41 Å². The third kappa shape index (κ3) is 5.16. The second kappa shape index (κ2) is 9.34. The average Bonchev–Trinajstić information content (AvgIpc) is 2.59. The van der Waals surface area contributed by atoms with E-state index in [0.717, 1.165) is 37.3 Å². The Kier molecular flexibility index (Phi) is 6.86. The summed E-state index contributed by atoms with van der Waals surface area (Å²) >= 11 is 0. The highest BCUT2D eigenvalue weighted by atomic mass is 16.5. The van der Waals surface area contributed by atoms with Gasteiger partial charge in [-0.1, -0.05) is 0 Å². The van der Waals surface area contributed by atoms with Gasteiger partial charge in [0.25, 0.3) is 0 Å². The van der Waals surface area contributed by atoms with E-state index >= 15 is 0 Å². The van der Waals surface area contributed by atoms with E-state index in [1.807, 2.05) is 18.6 Å². The van der Waals surface area contributed by atoms with Crippen LogP contribution in [-0.4, -0.2) is 94.4 Å². The SMILES string of the molecule is [N-]=C1C2=C[CH+]C=C1CN1CCOCCOCCN(CCOCC1)C2. The van der Waals surface area contributed by atoms with Gasteiger partial charge in [-0.25, -0.2) is 0 Å². The van der Waals surface area contributed by atoms with Crippen LogP contribution in [-0.2, 0) is 14.2 Å². The van der Waals surface area contributed by atoms with E-state index < -0.39 is 0 Å². The number of ether oxygens (including phenoxy) is 3. The Bertz CT molecular complexity index is 446. The number of rotatable bonds is 0. The minimum absolute atomic E-state index is 0.422. The molecule has 132 valence electrons. The minimum atomic E-state index is 0.422. The first-order valence-electron chi connectivity index (χ1n) is 8.80. The van der Waals surface area contributed by atoms with Crippen LogP contribution in [0.2, 0.25) is 0 Å². The molecule has 4 bridgehead atoms. The lowest BCUT2D eigenvalue weighted by Crippen LogP contribution is -2.39. The van der Waals surface area contributed by atoms with Gasteiger partial charge in [0.2, 0.25) is 0 Å². The van der Waals surface area contributed by atoms with E-state index in [0.29, 0.717) is 58.4 Å². The van der Waals surface area contributed by atoms with Gasteiger partial charge < -0.3 is 19.6 Å². The molecule has 0 spiro atoms. The Hall–Kier alpha value is -1.18. The van der Waals surface area contributed by atoms with Crippen molar-refractivity contribution >= 4 is 5.71 Å². The highest BCUT2D eigenvalue weighted by molar-refractivity contribution is 6.16. The predicted molar refractivity (Wildman–Crippen MR) is 94.2 cm³/mol. The molecular formula is C18H27N3O3. The van der Waals surface area contributed by atoms with Crippen LogP contribution in [0.15, 0.2) is 23.3 Å². The summed E-state index contributed by atoms with van der Waals surface area (Å²) < 4.78 is 17.1. The lowest BCUT2D eigenvalue weighted by Gasteiger charge is -2.28. The molecule has 2 unspecified atom stereocenters. The Labute approximate surface area is 144 Å². The Morgan fingerprint density at radius 2 is 1.12 bits per heavy atom. The van der Waals surface area contributed by atoms with Crippen molar-refractivity contribution in [2.45, 2.75) is 0 Å². The van der Waals surface area contributed by atoms with Crippen molar-refractivity contribution in [1.82, 2.24) is 9.80 Å². The maximum absolute atomic E-state index is 10.7. The molecule has 24 heavy (non-hydrogen) atoms. The molecule has 3 heterocycles. The van der Waals surface area contributed by atoms with Gasteiger partial charge in [0.05, 0.1) is 76.0 Å². The summed E-state index contributed by atoms with van der Waals surface area (Å²) in [5, 5.41) is 10.7. The summed E-state index contributed by atoms with van der Waals surface area (Å²) in [6.07, 6.45) is 6.05. The summed E-state index contributed by atoms with van der Waals surface area (Å²) in [6.45, 7) is 8.71. The van der Waals surface area contributed by atoms with E-state index in [1.165, 1.54) is 0 Å². The fourth-order valence-corrected chi connectivity index (χ4v) is 3.12. The summed E-state index contributed by atoms with van der Waals surface area (Å²) in [4.78, 5) is 4.55. The van der Waals surface area contributed by atoms with E-state index in [4.69, 9.17) is 14.2 Å². The van der Waals surface area contributed by atoms with Gasteiger partial charge in [-0.05, 0) is 5.71 Å². The number of fused-ring (bicyclic) bond motifs is 11. The smallest absolute Gasteiger partial charge is 0.0701 e. The monoisotopic (exact) mass is 333 g/mol. The molecule has 1 aliphatic carbocycles. The molecule has 0 saturated carbocycles. The molecular weight excluding hydrogens is 306 g/mol. The first kappa shape index (κ1) is 17.6. The number of nitrogens with zero attached hydrogens (tertiary/aromatic N) is 3. The molecule has 3 saturated heterocycles. The Morgan fingerprint density at radius 3 is 1.58 bits per heavy atom. The number of hydrogen-bond acceptors (Lipinski definition) is 5. The van der Waals surface area contributed by atoms with Crippen LogP contribution in [0.4, 0.5) is 0 Å². The van der Waals surface area contributed by atoms with Crippen LogP contribution >= 0.6 is 0 Å². The molecule has 0 N–H and O–H groups in total. The van der Waals surface area contributed by atoms with Gasteiger partial charge in [0.15, 0.2) is 0 Å². The van der Waals surface area contributed by atoms with Crippen LogP contribution in [0.25, 0.3) is 5.41 Å². The standard InChI is InChI=1S/C18H27N3O3/c19-18-16-2-1-3-17(18)15-21-5-9-22-8-4-20(14-16)6-10-23-12-13-24-11-7-21/h1-3H,4-15H2. The highest BCUT2D eigenvalue weighted by Crippen LogP contribution is 2.18. The van der Waals surface area contributed by atoms with E-state index in [1.54, 1.807) is 0 Å². The largest absolute Gasteiger partial charge is 0.778 e. The maximum Gasteiger partial charge on any atom is 0.0701 e. The second-order valence-electron chi connectivity index (χ2n) is 6.31. The van der Waals surface area contributed by atoms with Crippen molar-refractivity contribution < 1.29 is 14.2 Å². The topological polar surface area (TPSA) is 56.5 Å². The zero-order valence-corrected chi connectivity index (χ0v) is 14.3. The maximum atomic E-state index is 10.7. The van der Waals surface area contributed by atoms with Crippen LogP contribution in [0.5, 0.6) is 0 Å². The normalized spacial score (nSPS) is 30.6. The summed E-state index contributed by atoms with van der Waals surface area (Å²) in [5.74, 6) is 0. The van der Waals surface area contributed by atoms with Gasteiger partial charge >= 0.3 is 0 Å². The third-order valence-corrected chi connectivity index (χ3v) is 4.57. The van der Waals surface area contributed by atoms with Crippen LogP contribution < -0.4 is 0 Å².